The van der Waals surface area contributed by atoms with E-state index in [9.17, 15) is 9.18 Å². The zero-order valence-corrected chi connectivity index (χ0v) is 12.3. The molecule has 1 atom stereocenters. The molecule has 1 aliphatic rings. The summed E-state index contributed by atoms with van der Waals surface area (Å²) in [4.78, 5) is 16.6. The Morgan fingerprint density at radius 1 is 1.50 bits per heavy atom. The van der Waals surface area contributed by atoms with Crippen LogP contribution < -0.4 is 0 Å². The maximum absolute atomic E-state index is 13.1. The zero-order valence-electron chi connectivity index (χ0n) is 12.3. The number of halogens is 1. The second-order valence-electron chi connectivity index (χ2n) is 5.72. The van der Waals surface area contributed by atoms with Crippen molar-refractivity contribution in [3.05, 3.63) is 35.6 Å². The number of hydrogen-bond donors (Lipinski definition) is 0. The number of piperidine rings is 1. The number of Topliss-reactive ketones (excluding diaryl/α,β-unsaturated/α-hetero) is 1. The van der Waals surface area contributed by atoms with E-state index >= 15 is 0 Å². The summed E-state index contributed by atoms with van der Waals surface area (Å²) < 4.78 is 13.1. The van der Waals surface area contributed by atoms with Crippen molar-refractivity contribution in [2.75, 3.05) is 33.7 Å². The molecule has 1 aliphatic heterocycles. The van der Waals surface area contributed by atoms with Crippen molar-refractivity contribution < 1.29 is 9.18 Å². The number of rotatable bonds is 5. The molecule has 0 saturated carbocycles. The fraction of sp³-hybridized carbons (Fsp3) is 0.562. The highest BCUT2D eigenvalue weighted by molar-refractivity contribution is 5.96. The van der Waals surface area contributed by atoms with E-state index in [1.54, 1.807) is 12.1 Å². The normalized spacial score (nSPS) is 20.3. The molecule has 0 spiro atoms. The number of carbonyl (C=O) groups is 1. The Labute approximate surface area is 120 Å². The first kappa shape index (κ1) is 15.1. The molecule has 0 aromatic heterocycles. The van der Waals surface area contributed by atoms with Crippen LogP contribution >= 0.6 is 0 Å². The second-order valence-corrected chi connectivity index (χ2v) is 5.72. The molecule has 3 nitrogen and oxygen atoms in total. The summed E-state index contributed by atoms with van der Waals surface area (Å²) in [5, 5.41) is 0. The summed E-state index contributed by atoms with van der Waals surface area (Å²) >= 11 is 0. The van der Waals surface area contributed by atoms with E-state index in [1.807, 2.05) is 0 Å². The van der Waals surface area contributed by atoms with E-state index in [1.165, 1.54) is 25.0 Å². The van der Waals surface area contributed by atoms with Crippen LogP contribution in [-0.2, 0) is 0 Å². The first-order valence-corrected chi connectivity index (χ1v) is 7.24. The smallest absolute Gasteiger partial charge is 0.164 e. The summed E-state index contributed by atoms with van der Waals surface area (Å²) in [6.07, 6.45) is 2.85. The van der Waals surface area contributed by atoms with Gasteiger partial charge in [-0.25, -0.2) is 4.39 Å². The van der Waals surface area contributed by atoms with Crippen molar-refractivity contribution in [1.82, 2.24) is 9.80 Å². The number of ketones is 1. The third-order valence-corrected chi connectivity index (χ3v) is 4.06. The molecule has 1 saturated heterocycles. The Morgan fingerprint density at radius 2 is 2.30 bits per heavy atom. The fourth-order valence-electron chi connectivity index (χ4n) is 2.77. The van der Waals surface area contributed by atoms with Gasteiger partial charge in [-0.3, -0.25) is 4.79 Å². The SMILES string of the molecule is CN1CCCC(N(C)CCC(=O)c2cccc(F)c2)C1. The number of hydrogen-bond acceptors (Lipinski definition) is 3. The van der Waals surface area contributed by atoms with Gasteiger partial charge in [0.2, 0.25) is 0 Å². The van der Waals surface area contributed by atoms with Gasteiger partial charge in [0.15, 0.2) is 5.78 Å². The minimum absolute atomic E-state index is 0.0144. The molecule has 1 fully saturated rings. The van der Waals surface area contributed by atoms with Crippen LogP contribution in [0.2, 0.25) is 0 Å². The Bertz CT molecular complexity index is 464. The highest BCUT2D eigenvalue weighted by Gasteiger charge is 2.21. The zero-order chi connectivity index (χ0) is 14.5. The molecule has 2 rings (SSSR count). The first-order valence-electron chi connectivity index (χ1n) is 7.24. The molecule has 1 aromatic carbocycles. The van der Waals surface area contributed by atoms with Gasteiger partial charge in [0.1, 0.15) is 5.82 Å². The quantitative estimate of drug-likeness (QED) is 0.773. The standard InChI is InChI=1S/C16H23FN2O/c1-18-9-4-7-15(12-18)19(2)10-8-16(20)13-5-3-6-14(17)11-13/h3,5-6,11,15H,4,7-10,12H2,1-2H3. The first-order chi connectivity index (χ1) is 9.56. The van der Waals surface area contributed by atoms with Gasteiger partial charge in [-0.2, -0.15) is 0 Å². The summed E-state index contributed by atoms with van der Waals surface area (Å²) in [5.41, 5.74) is 0.471. The molecule has 1 unspecified atom stereocenters. The average molecular weight is 278 g/mol. The van der Waals surface area contributed by atoms with E-state index in [0.717, 1.165) is 19.6 Å². The molecule has 1 aromatic rings. The van der Waals surface area contributed by atoms with Crippen LogP contribution in [0.1, 0.15) is 29.6 Å². The van der Waals surface area contributed by atoms with Crippen LogP contribution in [0.15, 0.2) is 24.3 Å². The van der Waals surface area contributed by atoms with Crippen LogP contribution in [0.3, 0.4) is 0 Å². The van der Waals surface area contributed by atoms with Gasteiger partial charge in [-0.05, 0) is 45.6 Å². The van der Waals surface area contributed by atoms with Gasteiger partial charge in [0.05, 0.1) is 0 Å². The van der Waals surface area contributed by atoms with E-state index in [2.05, 4.69) is 23.9 Å². The van der Waals surface area contributed by atoms with Crippen molar-refractivity contribution in [3.8, 4) is 0 Å². The lowest BCUT2D eigenvalue weighted by atomic mass is 10.0. The van der Waals surface area contributed by atoms with Crippen LogP contribution in [0.25, 0.3) is 0 Å². The second kappa shape index (κ2) is 6.95. The molecule has 0 radical (unpaired) electrons. The Balaban J connectivity index is 1.83. The van der Waals surface area contributed by atoms with Crippen molar-refractivity contribution in [3.63, 3.8) is 0 Å². The molecule has 0 N–H and O–H groups in total. The van der Waals surface area contributed by atoms with Crippen LogP contribution in [0.5, 0.6) is 0 Å². The van der Waals surface area contributed by atoms with Gasteiger partial charge >= 0.3 is 0 Å². The third-order valence-electron chi connectivity index (χ3n) is 4.06. The van der Waals surface area contributed by atoms with E-state index in [-0.39, 0.29) is 11.6 Å². The molecule has 20 heavy (non-hydrogen) atoms. The lowest BCUT2D eigenvalue weighted by molar-refractivity contribution is 0.0931. The van der Waals surface area contributed by atoms with Gasteiger partial charge < -0.3 is 9.80 Å². The molecule has 0 aliphatic carbocycles. The Hall–Kier alpha value is -1.26. The summed E-state index contributed by atoms with van der Waals surface area (Å²) in [6.45, 7) is 2.95. The molecular formula is C16H23FN2O. The number of likely N-dealkylation sites (tertiary alicyclic amines) is 1. The van der Waals surface area contributed by atoms with Gasteiger partial charge in [-0.15, -0.1) is 0 Å². The molecule has 4 heteroatoms. The minimum Gasteiger partial charge on any atom is -0.305 e. The average Bonchev–Trinajstić information content (AvgIpc) is 2.44. The van der Waals surface area contributed by atoms with Crippen molar-refractivity contribution in [2.45, 2.75) is 25.3 Å². The summed E-state index contributed by atoms with van der Waals surface area (Å²) in [7, 11) is 4.21. The third kappa shape index (κ3) is 4.12. The van der Waals surface area contributed by atoms with Crippen LogP contribution in [-0.4, -0.2) is 55.4 Å². The maximum atomic E-state index is 13.1. The number of likely N-dealkylation sites (N-methyl/N-ethyl adjacent to an activating group) is 2. The molecule has 0 bridgehead atoms. The highest BCUT2D eigenvalue weighted by Crippen LogP contribution is 2.14. The van der Waals surface area contributed by atoms with E-state index in [4.69, 9.17) is 0 Å². The van der Waals surface area contributed by atoms with Crippen LogP contribution in [0.4, 0.5) is 4.39 Å². The summed E-state index contributed by atoms with van der Waals surface area (Å²) in [5.74, 6) is -0.335. The monoisotopic (exact) mass is 278 g/mol. The predicted octanol–water partition coefficient (Wildman–Crippen LogP) is 2.42. The number of nitrogens with zero attached hydrogens (tertiary/aromatic N) is 2. The molecule has 110 valence electrons. The molecule has 1 heterocycles. The highest BCUT2D eigenvalue weighted by atomic mass is 19.1. The Morgan fingerprint density at radius 3 is 3.00 bits per heavy atom. The lowest BCUT2D eigenvalue weighted by Crippen LogP contribution is -2.45. The largest absolute Gasteiger partial charge is 0.305 e. The minimum atomic E-state index is -0.349. The summed E-state index contributed by atoms with van der Waals surface area (Å²) in [6, 6.07) is 6.47. The fourth-order valence-corrected chi connectivity index (χ4v) is 2.77. The Kier molecular flexibility index (Phi) is 5.26. The van der Waals surface area contributed by atoms with Crippen molar-refractivity contribution in [2.24, 2.45) is 0 Å². The van der Waals surface area contributed by atoms with Gasteiger partial charge in [0, 0.05) is 31.1 Å². The van der Waals surface area contributed by atoms with Crippen LogP contribution in [0, 0.1) is 5.82 Å². The van der Waals surface area contributed by atoms with Gasteiger partial charge in [0.25, 0.3) is 0 Å². The lowest BCUT2D eigenvalue weighted by Gasteiger charge is -2.35. The molecule has 0 amide bonds. The number of carbonyl (C=O) groups excluding carboxylic acids is 1. The van der Waals surface area contributed by atoms with Crippen molar-refractivity contribution in [1.29, 1.82) is 0 Å². The van der Waals surface area contributed by atoms with E-state index in [0.29, 0.717) is 18.0 Å². The molecular weight excluding hydrogens is 255 g/mol. The topological polar surface area (TPSA) is 23.6 Å². The van der Waals surface area contributed by atoms with Crippen molar-refractivity contribution >= 4 is 5.78 Å². The maximum Gasteiger partial charge on any atom is 0.164 e. The number of benzene rings is 1. The van der Waals surface area contributed by atoms with E-state index < -0.39 is 0 Å². The van der Waals surface area contributed by atoms with Gasteiger partial charge in [-0.1, -0.05) is 12.1 Å². The predicted molar refractivity (Wildman–Crippen MR) is 78.5 cm³/mol.